The number of sulfonamides is 1. The predicted molar refractivity (Wildman–Crippen MR) is 71.5 cm³/mol. The van der Waals surface area contributed by atoms with E-state index < -0.39 is 10.0 Å². The minimum absolute atomic E-state index is 0.348. The predicted octanol–water partition coefficient (Wildman–Crippen LogP) is 1.79. The summed E-state index contributed by atoms with van der Waals surface area (Å²) in [6.07, 6.45) is 0. The van der Waals surface area contributed by atoms with Crippen LogP contribution < -0.4 is 5.73 Å². The van der Waals surface area contributed by atoms with E-state index in [-0.39, 0.29) is 0 Å². The number of hydrogen-bond donors (Lipinski definition) is 1. The summed E-state index contributed by atoms with van der Waals surface area (Å²) in [5.74, 6) is 0. The molecule has 0 fully saturated rings. The maximum absolute atomic E-state index is 12.3. The van der Waals surface area contributed by atoms with Crippen LogP contribution in [0.2, 0.25) is 0 Å². The quantitative estimate of drug-likeness (QED) is 0.804. The normalized spacial score (nSPS) is 12.0. The van der Waals surface area contributed by atoms with Gasteiger partial charge in [0.1, 0.15) is 4.21 Å². The summed E-state index contributed by atoms with van der Waals surface area (Å²) in [5, 5.41) is 0. The Balaban J connectivity index is 3.03. The molecule has 4 nitrogen and oxygen atoms in total. The minimum atomic E-state index is -3.40. The van der Waals surface area contributed by atoms with E-state index in [2.05, 4.69) is 6.58 Å². The van der Waals surface area contributed by atoms with Crippen molar-refractivity contribution in [2.75, 3.05) is 13.1 Å². The fourth-order valence-corrected chi connectivity index (χ4v) is 4.30. The lowest BCUT2D eigenvalue weighted by Gasteiger charge is -2.19. The number of likely N-dealkylation sites (N-methyl/N-ethyl adjacent to an activating group) is 1. The van der Waals surface area contributed by atoms with Crippen molar-refractivity contribution < 1.29 is 8.42 Å². The van der Waals surface area contributed by atoms with Gasteiger partial charge in [-0.15, -0.1) is 11.3 Å². The SMILES string of the molecule is C=C(C)CN(CC)S(=O)(=O)c1ccc(CN)s1. The van der Waals surface area contributed by atoms with Crippen molar-refractivity contribution in [3.8, 4) is 0 Å². The summed E-state index contributed by atoms with van der Waals surface area (Å²) in [6, 6.07) is 3.37. The lowest BCUT2D eigenvalue weighted by molar-refractivity contribution is 0.454. The summed E-state index contributed by atoms with van der Waals surface area (Å²) in [5.41, 5.74) is 6.31. The lowest BCUT2D eigenvalue weighted by atomic mass is 10.3. The molecule has 0 amide bonds. The van der Waals surface area contributed by atoms with E-state index in [0.29, 0.717) is 23.8 Å². The molecule has 17 heavy (non-hydrogen) atoms. The molecule has 0 aliphatic heterocycles. The van der Waals surface area contributed by atoms with Gasteiger partial charge in [0.25, 0.3) is 10.0 Å². The van der Waals surface area contributed by atoms with Crippen LogP contribution in [0.25, 0.3) is 0 Å². The van der Waals surface area contributed by atoms with E-state index in [9.17, 15) is 8.42 Å². The van der Waals surface area contributed by atoms with Gasteiger partial charge in [-0.3, -0.25) is 0 Å². The van der Waals surface area contributed by atoms with Crippen LogP contribution in [-0.4, -0.2) is 25.8 Å². The third-order valence-corrected chi connectivity index (χ3v) is 5.73. The van der Waals surface area contributed by atoms with Crippen molar-refractivity contribution >= 4 is 21.4 Å². The van der Waals surface area contributed by atoms with Gasteiger partial charge in [0, 0.05) is 24.5 Å². The van der Waals surface area contributed by atoms with Crippen molar-refractivity contribution in [1.29, 1.82) is 0 Å². The second-order valence-electron chi connectivity index (χ2n) is 3.81. The lowest BCUT2D eigenvalue weighted by Crippen LogP contribution is -2.31. The van der Waals surface area contributed by atoms with Crippen LogP contribution >= 0.6 is 11.3 Å². The summed E-state index contributed by atoms with van der Waals surface area (Å²) < 4.78 is 26.3. The maximum atomic E-state index is 12.3. The molecule has 0 saturated carbocycles. The molecule has 0 atom stereocenters. The van der Waals surface area contributed by atoms with Gasteiger partial charge in [-0.25, -0.2) is 8.42 Å². The molecule has 1 rings (SSSR count). The van der Waals surface area contributed by atoms with Crippen molar-refractivity contribution in [3.05, 3.63) is 29.2 Å². The average Bonchev–Trinajstić information content (AvgIpc) is 2.74. The topological polar surface area (TPSA) is 63.4 Å². The highest BCUT2D eigenvalue weighted by atomic mass is 32.2. The van der Waals surface area contributed by atoms with Crippen molar-refractivity contribution in [2.45, 2.75) is 24.6 Å². The highest BCUT2D eigenvalue weighted by Crippen LogP contribution is 2.24. The first kappa shape index (κ1) is 14.4. The molecule has 1 heterocycles. The smallest absolute Gasteiger partial charge is 0.252 e. The molecule has 96 valence electrons. The largest absolute Gasteiger partial charge is 0.326 e. The van der Waals surface area contributed by atoms with Crippen molar-refractivity contribution in [3.63, 3.8) is 0 Å². The van der Waals surface area contributed by atoms with Gasteiger partial charge in [-0.2, -0.15) is 4.31 Å². The highest BCUT2D eigenvalue weighted by Gasteiger charge is 2.24. The number of nitrogens with two attached hydrogens (primary N) is 1. The van der Waals surface area contributed by atoms with Gasteiger partial charge >= 0.3 is 0 Å². The summed E-state index contributed by atoms with van der Waals surface area (Å²) >= 11 is 1.23. The van der Waals surface area contributed by atoms with Crippen LogP contribution in [0.4, 0.5) is 0 Å². The molecule has 0 bridgehead atoms. The third-order valence-electron chi connectivity index (χ3n) is 2.23. The molecule has 0 saturated heterocycles. The first-order valence-electron chi connectivity index (χ1n) is 5.35. The van der Waals surface area contributed by atoms with E-state index in [1.807, 2.05) is 13.8 Å². The van der Waals surface area contributed by atoms with Gasteiger partial charge in [-0.05, 0) is 19.1 Å². The molecular weight excluding hydrogens is 256 g/mol. The van der Waals surface area contributed by atoms with Crippen molar-refractivity contribution in [2.24, 2.45) is 5.73 Å². The summed E-state index contributed by atoms with van der Waals surface area (Å²) in [7, 11) is -3.40. The zero-order chi connectivity index (χ0) is 13.1. The second-order valence-corrected chi connectivity index (χ2v) is 7.15. The molecule has 1 aromatic heterocycles. The molecule has 0 aliphatic carbocycles. The molecule has 0 spiro atoms. The van der Waals surface area contributed by atoms with Crippen molar-refractivity contribution in [1.82, 2.24) is 4.31 Å². The zero-order valence-corrected chi connectivity index (χ0v) is 11.8. The van der Waals surface area contributed by atoms with Crippen LogP contribution in [-0.2, 0) is 16.6 Å². The molecule has 0 unspecified atom stereocenters. The van der Waals surface area contributed by atoms with Crippen LogP contribution in [0.5, 0.6) is 0 Å². The Bertz CT molecular complexity index is 491. The Morgan fingerprint density at radius 1 is 1.53 bits per heavy atom. The first-order chi connectivity index (χ1) is 7.91. The van der Waals surface area contributed by atoms with E-state index >= 15 is 0 Å². The number of thiophene rings is 1. The van der Waals surface area contributed by atoms with E-state index in [1.54, 1.807) is 12.1 Å². The fraction of sp³-hybridized carbons (Fsp3) is 0.455. The van der Waals surface area contributed by atoms with Crippen LogP contribution in [0.3, 0.4) is 0 Å². The Morgan fingerprint density at radius 3 is 2.59 bits per heavy atom. The molecule has 2 N–H and O–H groups in total. The monoisotopic (exact) mass is 274 g/mol. The fourth-order valence-electron chi connectivity index (χ4n) is 1.40. The average molecular weight is 274 g/mol. The van der Waals surface area contributed by atoms with Gasteiger partial charge < -0.3 is 5.73 Å². The Labute approximate surface area is 107 Å². The van der Waals surface area contributed by atoms with Gasteiger partial charge in [-0.1, -0.05) is 19.1 Å². The minimum Gasteiger partial charge on any atom is -0.326 e. The molecule has 6 heteroatoms. The standard InChI is InChI=1S/C11H18N2O2S2/c1-4-13(8-9(2)3)17(14,15)11-6-5-10(7-12)16-11/h5-6H,2,4,7-8,12H2,1,3H3. The first-order valence-corrected chi connectivity index (χ1v) is 7.60. The summed E-state index contributed by atoms with van der Waals surface area (Å²) in [6.45, 7) is 8.54. The second kappa shape index (κ2) is 5.77. The number of hydrogen-bond acceptors (Lipinski definition) is 4. The van der Waals surface area contributed by atoms with Crippen LogP contribution in [0.1, 0.15) is 18.7 Å². The van der Waals surface area contributed by atoms with E-state index in [0.717, 1.165) is 10.5 Å². The molecule has 1 aromatic rings. The Morgan fingerprint density at radius 2 is 2.18 bits per heavy atom. The van der Waals surface area contributed by atoms with E-state index in [4.69, 9.17) is 5.73 Å². The van der Waals surface area contributed by atoms with Crippen LogP contribution in [0, 0.1) is 0 Å². The van der Waals surface area contributed by atoms with Gasteiger partial charge in [0.15, 0.2) is 0 Å². The van der Waals surface area contributed by atoms with Crippen LogP contribution in [0.15, 0.2) is 28.5 Å². The van der Waals surface area contributed by atoms with E-state index in [1.165, 1.54) is 15.6 Å². The Kier molecular flexibility index (Phi) is 4.88. The molecular formula is C11H18N2O2S2. The molecule has 0 aliphatic rings. The highest BCUT2D eigenvalue weighted by molar-refractivity contribution is 7.91. The van der Waals surface area contributed by atoms with Gasteiger partial charge in [0.2, 0.25) is 0 Å². The molecule has 0 radical (unpaired) electrons. The maximum Gasteiger partial charge on any atom is 0.252 e. The third kappa shape index (κ3) is 3.38. The number of rotatable bonds is 6. The van der Waals surface area contributed by atoms with Gasteiger partial charge in [0.05, 0.1) is 0 Å². The number of nitrogens with zero attached hydrogens (tertiary/aromatic N) is 1. The summed E-state index contributed by atoms with van der Waals surface area (Å²) in [4.78, 5) is 0.870. The molecule has 0 aromatic carbocycles. The Hall–Kier alpha value is -0.690. The zero-order valence-electron chi connectivity index (χ0n) is 10.1.